The number of aryl methyl sites for hydroxylation is 1. The Morgan fingerprint density at radius 3 is 3.00 bits per heavy atom. The summed E-state index contributed by atoms with van der Waals surface area (Å²) in [4.78, 5) is 0. The molecular formula is C14H21NS. The van der Waals surface area contributed by atoms with Gasteiger partial charge < -0.3 is 5.32 Å². The van der Waals surface area contributed by atoms with Gasteiger partial charge in [-0.05, 0) is 42.2 Å². The molecule has 1 N–H and O–H groups in total. The van der Waals surface area contributed by atoms with Crippen LogP contribution >= 0.6 is 11.8 Å². The van der Waals surface area contributed by atoms with Crippen molar-refractivity contribution < 1.29 is 0 Å². The predicted molar refractivity (Wildman–Crippen MR) is 73.3 cm³/mol. The third-order valence-electron chi connectivity index (χ3n) is 3.51. The van der Waals surface area contributed by atoms with Gasteiger partial charge in [-0.15, -0.1) is 0 Å². The van der Waals surface area contributed by atoms with E-state index in [9.17, 15) is 0 Å². The SMILES string of the molecule is CSCCNC1CC(C)c2c(C)cccc21. The van der Waals surface area contributed by atoms with E-state index in [0.29, 0.717) is 12.0 Å². The Morgan fingerprint density at radius 1 is 1.44 bits per heavy atom. The summed E-state index contributed by atoms with van der Waals surface area (Å²) in [7, 11) is 0. The van der Waals surface area contributed by atoms with E-state index in [1.54, 1.807) is 5.56 Å². The van der Waals surface area contributed by atoms with Crippen LogP contribution < -0.4 is 5.32 Å². The molecular weight excluding hydrogens is 214 g/mol. The van der Waals surface area contributed by atoms with Crippen LogP contribution in [0.4, 0.5) is 0 Å². The Bertz CT molecular complexity index is 362. The van der Waals surface area contributed by atoms with E-state index in [1.165, 1.54) is 23.3 Å². The largest absolute Gasteiger partial charge is 0.309 e. The van der Waals surface area contributed by atoms with Gasteiger partial charge in [-0.3, -0.25) is 0 Å². The van der Waals surface area contributed by atoms with Crippen molar-refractivity contribution in [3.8, 4) is 0 Å². The van der Waals surface area contributed by atoms with Crippen LogP contribution in [-0.2, 0) is 0 Å². The molecule has 1 aliphatic carbocycles. The van der Waals surface area contributed by atoms with Crippen molar-refractivity contribution in [2.75, 3.05) is 18.6 Å². The molecule has 0 aromatic heterocycles. The molecule has 0 amide bonds. The second kappa shape index (κ2) is 5.24. The molecule has 0 aliphatic heterocycles. The van der Waals surface area contributed by atoms with Crippen molar-refractivity contribution in [2.24, 2.45) is 0 Å². The van der Waals surface area contributed by atoms with Crippen molar-refractivity contribution in [3.05, 3.63) is 34.9 Å². The summed E-state index contributed by atoms with van der Waals surface area (Å²) in [6.07, 6.45) is 3.42. The number of nitrogens with one attached hydrogen (secondary N) is 1. The van der Waals surface area contributed by atoms with Crippen molar-refractivity contribution in [3.63, 3.8) is 0 Å². The standard InChI is InChI=1S/C14H21NS/c1-10-5-4-6-12-13(15-7-8-16-3)9-11(2)14(10)12/h4-6,11,13,15H,7-9H2,1-3H3. The van der Waals surface area contributed by atoms with E-state index in [0.717, 1.165) is 6.54 Å². The fourth-order valence-corrected chi connectivity index (χ4v) is 3.13. The molecule has 2 atom stereocenters. The second-order valence-corrected chi connectivity index (χ2v) is 5.70. The van der Waals surface area contributed by atoms with E-state index < -0.39 is 0 Å². The third-order valence-corrected chi connectivity index (χ3v) is 4.12. The number of benzene rings is 1. The highest BCUT2D eigenvalue weighted by Crippen LogP contribution is 2.41. The number of hydrogen-bond acceptors (Lipinski definition) is 2. The first kappa shape index (κ1) is 12.0. The predicted octanol–water partition coefficient (Wildman–Crippen LogP) is 3.50. The molecule has 2 heteroatoms. The van der Waals surface area contributed by atoms with Crippen LogP contribution in [-0.4, -0.2) is 18.6 Å². The first-order chi connectivity index (χ1) is 7.74. The molecule has 0 saturated heterocycles. The fourth-order valence-electron chi connectivity index (χ4n) is 2.81. The maximum atomic E-state index is 3.68. The summed E-state index contributed by atoms with van der Waals surface area (Å²) in [5.74, 6) is 1.91. The summed E-state index contributed by atoms with van der Waals surface area (Å²) in [6.45, 7) is 5.70. The van der Waals surface area contributed by atoms with E-state index >= 15 is 0 Å². The second-order valence-electron chi connectivity index (χ2n) is 4.71. The molecule has 1 aromatic carbocycles. The molecule has 1 nitrogen and oxygen atoms in total. The summed E-state index contributed by atoms with van der Waals surface area (Å²) in [5, 5.41) is 3.68. The molecule has 88 valence electrons. The highest BCUT2D eigenvalue weighted by molar-refractivity contribution is 7.98. The third kappa shape index (κ3) is 2.28. The monoisotopic (exact) mass is 235 g/mol. The maximum absolute atomic E-state index is 3.68. The number of hydrogen-bond donors (Lipinski definition) is 1. The van der Waals surface area contributed by atoms with E-state index in [-0.39, 0.29) is 0 Å². The van der Waals surface area contributed by atoms with Crippen LogP contribution in [0.2, 0.25) is 0 Å². The summed E-state index contributed by atoms with van der Waals surface area (Å²) < 4.78 is 0. The Kier molecular flexibility index (Phi) is 3.93. The maximum Gasteiger partial charge on any atom is 0.0329 e. The van der Waals surface area contributed by atoms with Crippen molar-refractivity contribution in [1.29, 1.82) is 0 Å². The van der Waals surface area contributed by atoms with Crippen LogP contribution in [0.15, 0.2) is 18.2 Å². The van der Waals surface area contributed by atoms with Crippen molar-refractivity contribution in [2.45, 2.75) is 32.2 Å². The first-order valence-electron chi connectivity index (χ1n) is 6.05. The van der Waals surface area contributed by atoms with Crippen LogP contribution in [0.3, 0.4) is 0 Å². The van der Waals surface area contributed by atoms with Crippen molar-refractivity contribution in [1.82, 2.24) is 5.32 Å². The van der Waals surface area contributed by atoms with E-state index in [4.69, 9.17) is 0 Å². The molecule has 0 fully saturated rings. The lowest BCUT2D eigenvalue weighted by atomic mass is 9.98. The minimum Gasteiger partial charge on any atom is -0.309 e. The molecule has 2 rings (SSSR count). The molecule has 0 saturated carbocycles. The smallest absolute Gasteiger partial charge is 0.0329 e. The summed E-state index contributed by atoms with van der Waals surface area (Å²) >= 11 is 1.91. The minimum atomic E-state index is 0.581. The first-order valence-corrected chi connectivity index (χ1v) is 7.45. The lowest BCUT2D eigenvalue weighted by Crippen LogP contribution is -2.21. The van der Waals surface area contributed by atoms with Gasteiger partial charge in [0.1, 0.15) is 0 Å². The number of fused-ring (bicyclic) bond motifs is 1. The van der Waals surface area contributed by atoms with Gasteiger partial charge in [0, 0.05) is 18.3 Å². The number of rotatable bonds is 4. The molecule has 0 heterocycles. The summed E-state index contributed by atoms with van der Waals surface area (Å²) in [5.41, 5.74) is 4.58. The Balaban J connectivity index is 2.13. The normalized spacial score (nSPS) is 23.4. The molecule has 0 spiro atoms. The highest BCUT2D eigenvalue weighted by Gasteiger charge is 2.28. The molecule has 0 bridgehead atoms. The van der Waals surface area contributed by atoms with Gasteiger partial charge in [0.2, 0.25) is 0 Å². The van der Waals surface area contributed by atoms with E-state index in [1.807, 2.05) is 11.8 Å². The van der Waals surface area contributed by atoms with Gasteiger partial charge in [0.25, 0.3) is 0 Å². The fraction of sp³-hybridized carbons (Fsp3) is 0.571. The van der Waals surface area contributed by atoms with Gasteiger partial charge in [0.05, 0.1) is 0 Å². The minimum absolute atomic E-state index is 0.581. The summed E-state index contributed by atoms with van der Waals surface area (Å²) in [6, 6.07) is 7.30. The molecule has 1 aliphatic rings. The molecule has 2 unspecified atom stereocenters. The number of thioether (sulfide) groups is 1. The van der Waals surface area contributed by atoms with Crippen molar-refractivity contribution >= 4 is 11.8 Å². The van der Waals surface area contributed by atoms with Gasteiger partial charge in [-0.25, -0.2) is 0 Å². The zero-order valence-electron chi connectivity index (χ0n) is 10.4. The Labute approximate surface area is 103 Å². The topological polar surface area (TPSA) is 12.0 Å². The van der Waals surface area contributed by atoms with Gasteiger partial charge in [0.15, 0.2) is 0 Å². The van der Waals surface area contributed by atoms with Gasteiger partial charge in [-0.2, -0.15) is 11.8 Å². The average molecular weight is 235 g/mol. The van der Waals surface area contributed by atoms with Crippen LogP contribution in [0.5, 0.6) is 0 Å². The van der Waals surface area contributed by atoms with Gasteiger partial charge >= 0.3 is 0 Å². The lowest BCUT2D eigenvalue weighted by Gasteiger charge is -2.13. The molecule has 0 radical (unpaired) electrons. The Morgan fingerprint density at radius 2 is 2.25 bits per heavy atom. The highest BCUT2D eigenvalue weighted by atomic mass is 32.2. The quantitative estimate of drug-likeness (QED) is 0.802. The van der Waals surface area contributed by atoms with Gasteiger partial charge in [-0.1, -0.05) is 25.1 Å². The average Bonchev–Trinajstić information content (AvgIpc) is 2.58. The van der Waals surface area contributed by atoms with Crippen LogP contribution in [0, 0.1) is 6.92 Å². The molecule has 1 aromatic rings. The zero-order valence-corrected chi connectivity index (χ0v) is 11.2. The molecule has 16 heavy (non-hydrogen) atoms. The Hall–Kier alpha value is -0.470. The van der Waals surface area contributed by atoms with Crippen LogP contribution in [0.1, 0.15) is 42.0 Å². The zero-order chi connectivity index (χ0) is 11.5. The van der Waals surface area contributed by atoms with E-state index in [2.05, 4.69) is 43.6 Å². The lowest BCUT2D eigenvalue weighted by molar-refractivity contribution is 0.523. The van der Waals surface area contributed by atoms with Crippen LogP contribution in [0.25, 0.3) is 0 Å².